The third-order valence-electron chi connectivity index (χ3n) is 5.74. The van der Waals surface area contributed by atoms with Crippen molar-refractivity contribution in [1.29, 1.82) is 0 Å². The van der Waals surface area contributed by atoms with Crippen LogP contribution in [0.4, 0.5) is 14.9 Å². The molecule has 0 unspecified atom stereocenters. The maximum absolute atomic E-state index is 13.9. The van der Waals surface area contributed by atoms with Gasteiger partial charge in [-0.2, -0.15) is 5.10 Å². The fraction of sp³-hybridized carbons (Fsp3) is 0.571. The quantitative estimate of drug-likeness (QED) is 0.837. The van der Waals surface area contributed by atoms with Gasteiger partial charge in [0.05, 0.1) is 17.4 Å². The predicted molar refractivity (Wildman–Crippen MR) is 109 cm³/mol. The topological polar surface area (TPSA) is 70.0 Å². The van der Waals surface area contributed by atoms with Gasteiger partial charge in [-0.3, -0.25) is 15.0 Å². The number of pyridine rings is 1. The second-order valence-electron chi connectivity index (χ2n) is 8.79. The Bertz CT molecular complexity index is 911. The van der Waals surface area contributed by atoms with Crippen molar-refractivity contribution >= 4 is 23.1 Å². The largest absolute Gasteiger partial charge is 0.328 e. The number of amides is 3. The van der Waals surface area contributed by atoms with Crippen LogP contribution in [0.2, 0.25) is 0 Å². The molecule has 29 heavy (non-hydrogen) atoms. The number of urea groups is 1. The van der Waals surface area contributed by atoms with Crippen molar-refractivity contribution in [3.8, 4) is 0 Å². The molecule has 8 heteroatoms. The number of hydrogen-bond acceptors (Lipinski definition) is 4. The summed E-state index contributed by atoms with van der Waals surface area (Å²) in [7, 11) is 0. The Kier molecular flexibility index (Phi) is 5.29. The van der Waals surface area contributed by atoms with Gasteiger partial charge in [-0.05, 0) is 69.8 Å². The summed E-state index contributed by atoms with van der Waals surface area (Å²) in [5.74, 6) is 0.324. The SMILES string of the molecule is CC(C)(F)CN1CCC(Cc2ccn3ncc(N4CCC(=O)NC4=O)c3c2)CC1. The van der Waals surface area contributed by atoms with Gasteiger partial charge < -0.3 is 4.90 Å². The van der Waals surface area contributed by atoms with Crippen LogP contribution >= 0.6 is 0 Å². The first kappa shape index (κ1) is 19.8. The number of alkyl halides is 1. The van der Waals surface area contributed by atoms with E-state index in [4.69, 9.17) is 0 Å². The molecule has 0 aromatic carbocycles. The van der Waals surface area contributed by atoms with Crippen molar-refractivity contribution < 1.29 is 14.0 Å². The summed E-state index contributed by atoms with van der Waals surface area (Å²) in [4.78, 5) is 27.4. The molecule has 1 N–H and O–H groups in total. The number of anilines is 1. The molecule has 0 saturated carbocycles. The first-order chi connectivity index (χ1) is 13.8. The van der Waals surface area contributed by atoms with Crippen LogP contribution in [0.25, 0.3) is 5.52 Å². The number of imide groups is 1. The Morgan fingerprint density at radius 2 is 2.00 bits per heavy atom. The second kappa shape index (κ2) is 7.74. The van der Waals surface area contributed by atoms with E-state index in [1.807, 2.05) is 6.20 Å². The number of piperidine rings is 1. The molecule has 156 valence electrons. The molecule has 7 nitrogen and oxygen atoms in total. The molecule has 3 amide bonds. The number of rotatable bonds is 5. The minimum Gasteiger partial charge on any atom is -0.300 e. The zero-order valence-electron chi connectivity index (χ0n) is 17.0. The van der Waals surface area contributed by atoms with Gasteiger partial charge in [-0.15, -0.1) is 0 Å². The van der Waals surface area contributed by atoms with E-state index in [9.17, 15) is 14.0 Å². The zero-order valence-corrected chi connectivity index (χ0v) is 17.0. The van der Waals surface area contributed by atoms with Crippen molar-refractivity contribution in [2.45, 2.75) is 45.2 Å². The molecular formula is C21H28FN5O2. The number of carbonyl (C=O) groups excluding carboxylic acids is 2. The Labute approximate surface area is 169 Å². The van der Waals surface area contributed by atoms with Gasteiger partial charge in [-0.1, -0.05) is 0 Å². The third-order valence-corrected chi connectivity index (χ3v) is 5.74. The highest BCUT2D eigenvalue weighted by Crippen LogP contribution is 2.27. The summed E-state index contributed by atoms with van der Waals surface area (Å²) >= 11 is 0. The molecule has 2 aromatic heterocycles. The van der Waals surface area contributed by atoms with Crippen molar-refractivity contribution in [2.75, 3.05) is 31.1 Å². The summed E-state index contributed by atoms with van der Waals surface area (Å²) in [6.07, 6.45) is 6.96. The summed E-state index contributed by atoms with van der Waals surface area (Å²) in [5.41, 5.74) is 1.64. The monoisotopic (exact) mass is 401 g/mol. The van der Waals surface area contributed by atoms with E-state index in [1.54, 1.807) is 29.5 Å². The van der Waals surface area contributed by atoms with Gasteiger partial charge >= 0.3 is 6.03 Å². The third kappa shape index (κ3) is 4.58. The molecule has 0 bridgehead atoms. The lowest BCUT2D eigenvalue weighted by Gasteiger charge is -2.34. The Morgan fingerprint density at radius 1 is 1.24 bits per heavy atom. The molecule has 2 aliphatic heterocycles. The summed E-state index contributed by atoms with van der Waals surface area (Å²) < 4.78 is 15.6. The van der Waals surface area contributed by atoms with Gasteiger partial charge in [0.2, 0.25) is 5.91 Å². The normalized spacial score (nSPS) is 19.8. The van der Waals surface area contributed by atoms with Crippen LogP contribution in [0.3, 0.4) is 0 Å². The maximum Gasteiger partial charge on any atom is 0.328 e. The number of halogens is 1. The number of aromatic nitrogens is 2. The standard InChI is InChI=1S/C21H28FN5O2/c1-21(2,22)14-25-7-3-15(4-8-25)11-16-5-10-27-17(12-16)18(13-23-27)26-9-6-19(28)24-20(26)29/h5,10,12-13,15H,3-4,6-9,11,14H2,1-2H3,(H,24,28,29). The van der Waals surface area contributed by atoms with E-state index in [0.717, 1.165) is 43.6 Å². The average Bonchev–Trinajstić information content (AvgIpc) is 3.05. The maximum atomic E-state index is 13.9. The highest BCUT2D eigenvalue weighted by atomic mass is 19.1. The molecule has 0 radical (unpaired) electrons. The van der Waals surface area contributed by atoms with Crippen LogP contribution < -0.4 is 10.2 Å². The fourth-order valence-electron chi connectivity index (χ4n) is 4.35. The molecule has 0 aliphatic carbocycles. The van der Waals surface area contributed by atoms with E-state index in [0.29, 0.717) is 19.0 Å². The van der Waals surface area contributed by atoms with Crippen molar-refractivity contribution in [3.63, 3.8) is 0 Å². The van der Waals surface area contributed by atoms with Crippen molar-refractivity contribution in [2.24, 2.45) is 5.92 Å². The summed E-state index contributed by atoms with van der Waals surface area (Å²) in [6, 6.07) is 3.76. The first-order valence-electron chi connectivity index (χ1n) is 10.3. The number of hydrogen-bond donors (Lipinski definition) is 1. The summed E-state index contributed by atoms with van der Waals surface area (Å²) in [5, 5.41) is 6.71. The van der Waals surface area contributed by atoms with Crippen LogP contribution in [0.5, 0.6) is 0 Å². The van der Waals surface area contributed by atoms with Crippen LogP contribution in [0.15, 0.2) is 24.5 Å². The number of likely N-dealkylation sites (tertiary alicyclic amines) is 1. The van der Waals surface area contributed by atoms with Gasteiger partial charge in [0.25, 0.3) is 0 Å². The number of nitrogens with one attached hydrogen (secondary N) is 1. The smallest absolute Gasteiger partial charge is 0.300 e. The van der Waals surface area contributed by atoms with E-state index in [1.165, 1.54) is 5.56 Å². The minimum atomic E-state index is -1.15. The lowest BCUT2D eigenvalue weighted by Crippen LogP contribution is -2.49. The van der Waals surface area contributed by atoms with Crippen molar-refractivity contribution in [3.05, 3.63) is 30.1 Å². The Morgan fingerprint density at radius 3 is 2.69 bits per heavy atom. The lowest BCUT2D eigenvalue weighted by atomic mass is 9.90. The molecule has 2 aromatic rings. The molecule has 2 aliphatic rings. The second-order valence-corrected chi connectivity index (χ2v) is 8.79. The number of carbonyl (C=O) groups is 2. The van der Waals surface area contributed by atoms with Gasteiger partial charge in [0.1, 0.15) is 5.67 Å². The molecule has 0 atom stereocenters. The predicted octanol–water partition coefficient (Wildman–Crippen LogP) is 2.78. The van der Waals surface area contributed by atoms with Crippen LogP contribution in [0, 0.1) is 5.92 Å². The highest BCUT2D eigenvalue weighted by Gasteiger charge is 2.27. The zero-order chi connectivity index (χ0) is 20.6. The van der Waals surface area contributed by atoms with Crippen molar-refractivity contribution in [1.82, 2.24) is 19.8 Å². The number of fused-ring (bicyclic) bond motifs is 1. The molecule has 4 rings (SSSR count). The average molecular weight is 401 g/mol. The van der Waals surface area contributed by atoms with E-state index < -0.39 is 11.7 Å². The molecule has 2 fully saturated rings. The van der Waals surface area contributed by atoms with E-state index >= 15 is 0 Å². The lowest BCUT2D eigenvalue weighted by molar-refractivity contribution is -0.120. The van der Waals surface area contributed by atoms with Crippen LogP contribution in [-0.2, 0) is 11.2 Å². The number of nitrogens with zero attached hydrogens (tertiary/aromatic N) is 4. The molecule has 4 heterocycles. The highest BCUT2D eigenvalue weighted by molar-refractivity contribution is 6.07. The molecular weight excluding hydrogens is 373 g/mol. The Hall–Kier alpha value is -2.48. The minimum absolute atomic E-state index is 0.245. The summed E-state index contributed by atoms with van der Waals surface area (Å²) in [6.45, 7) is 5.98. The van der Waals surface area contributed by atoms with E-state index in [2.05, 4.69) is 27.4 Å². The van der Waals surface area contributed by atoms with Crippen LogP contribution in [-0.4, -0.2) is 58.3 Å². The Balaban J connectivity index is 1.44. The van der Waals surface area contributed by atoms with E-state index in [-0.39, 0.29) is 12.3 Å². The van der Waals surface area contributed by atoms with Crippen LogP contribution in [0.1, 0.15) is 38.7 Å². The van der Waals surface area contributed by atoms with Gasteiger partial charge in [0, 0.05) is 25.7 Å². The fourth-order valence-corrected chi connectivity index (χ4v) is 4.35. The van der Waals surface area contributed by atoms with Gasteiger partial charge in [-0.25, -0.2) is 13.7 Å². The first-order valence-corrected chi connectivity index (χ1v) is 10.3. The molecule has 0 spiro atoms. The molecule has 2 saturated heterocycles. The van der Waals surface area contributed by atoms with Gasteiger partial charge in [0.15, 0.2) is 0 Å².